The third kappa shape index (κ3) is 4.73. The summed E-state index contributed by atoms with van der Waals surface area (Å²) in [6.45, 7) is 12.0. The maximum Gasteiger partial charge on any atom is 0.312 e. The van der Waals surface area contributed by atoms with Crippen molar-refractivity contribution in [3.63, 3.8) is 0 Å². The van der Waals surface area contributed by atoms with Crippen molar-refractivity contribution in [1.82, 2.24) is 4.90 Å². The van der Waals surface area contributed by atoms with Crippen molar-refractivity contribution in [3.05, 3.63) is 54.6 Å². The van der Waals surface area contributed by atoms with Gasteiger partial charge in [-0.1, -0.05) is 46.3 Å². The molecule has 1 N–H and O–H groups in total. The predicted octanol–water partition coefficient (Wildman–Crippen LogP) is 3.46. The van der Waals surface area contributed by atoms with Crippen LogP contribution in [0.1, 0.15) is 36.8 Å². The highest BCUT2D eigenvalue weighted by molar-refractivity contribution is 9.09. The second-order valence-corrected chi connectivity index (χ2v) is 11.5. The molecule has 1 spiro atoms. The van der Waals surface area contributed by atoms with Crippen LogP contribution in [0.3, 0.4) is 0 Å². The SMILES string of the molecule is C=CCCCOC(=O)[C@H]1[C@H]2C(=O)N(CCCO)C(C(=O)N(CC=C)c3c(C)cccc3C)C23CC(Br)[C@@H]1O3. The third-order valence-corrected chi connectivity index (χ3v) is 8.78. The van der Waals surface area contributed by atoms with Crippen molar-refractivity contribution in [3.8, 4) is 0 Å². The number of benzene rings is 1. The number of allylic oxidation sites excluding steroid dienone is 1. The minimum absolute atomic E-state index is 0.130. The fourth-order valence-electron chi connectivity index (χ4n) is 6.46. The van der Waals surface area contributed by atoms with Crippen LogP contribution in [0, 0.1) is 25.7 Å². The van der Waals surface area contributed by atoms with Gasteiger partial charge in [-0.05, 0) is 50.7 Å². The van der Waals surface area contributed by atoms with E-state index in [9.17, 15) is 19.5 Å². The van der Waals surface area contributed by atoms with Crippen LogP contribution in [-0.2, 0) is 23.9 Å². The van der Waals surface area contributed by atoms with Crippen LogP contribution in [0.25, 0.3) is 0 Å². The molecule has 0 radical (unpaired) electrons. The Kier molecular flexibility index (Phi) is 8.79. The van der Waals surface area contributed by atoms with Gasteiger partial charge in [0, 0.05) is 30.2 Å². The van der Waals surface area contributed by atoms with Gasteiger partial charge in [-0.25, -0.2) is 0 Å². The molecule has 6 atom stereocenters. The molecule has 206 valence electrons. The molecule has 1 aromatic rings. The van der Waals surface area contributed by atoms with Crippen molar-refractivity contribution >= 4 is 39.4 Å². The number of alkyl halides is 1. The molecule has 4 rings (SSSR count). The molecule has 3 aliphatic rings. The van der Waals surface area contributed by atoms with E-state index in [0.29, 0.717) is 25.7 Å². The van der Waals surface area contributed by atoms with Crippen LogP contribution in [0.4, 0.5) is 5.69 Å². The summed E-state index contributed by atoms with van der Waals surface area (Å²) in [6, 6.07) is 4.88. The minimum Gasteiger partial charge on any atom is -0.465 e. The highest BCUT2D eigenvalue weighted by Gasteiger charge is 2.77. The van der Waals surface area contributed by atoms with E-state index in [2.05, 4.69) is 29.1 Å². The van der Waals surface area contributed by atoms with E-state index in [0.717, 1.165) is 16.8 Å². The van der Waals surface area contributed by atoms with Gasteiger partial charge in [0.15, 0.2) is 0 Å². The molecule has 3 heterocycles. The number of nitrogens with zero attached hydrogens (tertiary/aromatic N) is 2. The summed E-state index contributed by atoms with van der Waals surface area (Å²) in [4.78, 5) is 44.8. The van der Waals surface area contributed by atoms with E-state index < -0.39 is 35.6 Å². The van der Waals surface area contributed by atoms with Gasteiger partial charge in [0.2, 0.25) is 5.91 Å². The number of esters is 1. The summed E-state index contributed by atoms with van der Waals surface area (Å²) in [7, 11) is 0. The van der Waals surface area contributed by atoms with Gasteiger partial charge in [-0.15, -0.1) is 13.2 Å². The lowest BCUT2D eigenvalue weighted by molar-refractivity contribution is -0.155. The Labute approximate surface area is 232 Å². The number of para-hydroxylation sites is 1. The van der Waals surface area contributed by atoms with Crippen molar-refractivity contribution in [2.75, 3.05) is 31.2 Å². The fraction of sp³-hybridized carbons (Fsp3) is 0.552. The van der Waals surface area contributed by atoms with E-state index in [1.54, 1.807) is 17.1 Å². The van der Waals surface area contributed by atoms with Gasteiger partial charge in [-0.2, -0.15) is 0 Å². The number of unbranched alkanes of at least 4 members (excludes halogenated alkanes) is 1. The molecule has 38 heavy (non-hydrogen) atoms. The average molecular weight is 590 g/mol. The number of aryl methyl sites for hydroxylation is 2. The predicted molar refractivity (Wildman–Crippen MR) is 148 cm³/mol. The summed E-state index contributed by atoms with van der Waals surface area (Å²) in [5.41, 5.74) is 1.45. The molecular weight excluding hydrogens is 552 g/mol. The average Bonchev–Trinajstić information content (AvgIpc) is 3.47. The second kappa shape index (κ2) is 11.7. The minimum atomic E-state index is -1.18. The standard InChI is InChI=1S/C29H37BrN2O6/c1-5-7-8-16-37-28(36)21-22-26(34)32(14-10-15-33)25(29(22)17-20(30)24(21)38-29)27(35)31(13-6-2)23-18(3)11-9-12-19(23)4/h5-6,9,11-12,20-22,24-25,33H,1-2,7-8,10,13-17H2,3-4H3/t20?,21-,22-,24-,25?,29?/m0/s1. The largest absolute Gasteiger partial charge is 0.465 e. The first-order valence-corrected chi connectivity index (χ1v) is 14.1. The lowest BCUT2D eigenvalue weighted by atomic mass is 9.70. The highest BCUT2D eigenvalue weighted by Crippen LogP contribution is 2.60. The number of halogens is 1. The van der Waals surface area contributed by atoms with Crippen molar-refractivity contribution in [2.45, 2.75) is 62.1 Å². The zero-order chi connectivity index (χ0) is 27.6. The number of likely N-dealkylation sites (tertiary alicyclic amines) is 1. The number of amides is 2. The van der Waals surface area contributed by atoms with E-state index in [1.807, 2.05) is 32.0 Å². The van der Waals surface area contributed by atoms with Crippen LogP contribution in [0.15, 0.2) is 43.5 Å². The Morgan fingerprint density at radius 2 is 1.97 bits per heavy atom. The molecule has 0 saturated carbocycles. The van der Waals surface area contributed by atoms with Gasteiger partial charge < -0.3 is 24.4 Å². The number of hydrogen-bond donors (Lipinski definition) is 1. The maximum atomic E-state index is 14.5. The maximum absolute atomic E-state index is 14.5. The van der Waals surface area contributed by atoms with Crippen LogP contribution in [0.5, 0.6) is 0 Å². The number of fused-ring (bicyclic) bond motifs is 1. The van der Waals surface area contributed by atoms with Gasteiger partial charge >= 0.3 is 5.97 Å². The molecule has 3 aliphatic heterocycles. The normalized spacial score (nSPS) is 29.3. The lowest BCUT2D eigenvalue weighted by Gasteiger charge is -2.37. The number of anilines is 1. The Bertz CT molecular complexity index is 1090. The van der Waals surface area contributed by atoms with Gasteiger partial charge in [0.25, 0.3) is 5.91 Å². The number of carbonyl (C=O) groups excluding carboxylic acids is 3. The van der Waals surface area contributed by atoms with E-state index in [4.69, 9.17) is 9.47 Å². The summed E-state index contributed by atoms with van der Waals surface area (Å²) in [6.07, 6.45) is 4.94. The number of aliphatic hydroxyl groups excluding tert-OH is 1. The molecule has 0 aromatic heterocycles. The van der Waals surface area contributed by atoms with Crippen LogP contribution in [0.2, 0.25) is 0 Å². The number of hydrogen-bond acceptors (Lipinski definition) is 6. The number of ether oxygens (including phenoxy) is 2. The lowest BCUT2D eigenvalue weighted by Crippen LogP contribution is -2.57. The number of carbonyl (C=O) groups is 3. The summed E-state index contributed by atoms with van der Waals surface area (Å²) in [5.74, 6) is -2.70. The first-order valence-electron chi connectivity index (χ1n) is 13.2. The zero-order valence-electron chi connectivity index (χ0n) is 22.1. The zero-order valence-corrected chi connectivity index (χ0v) is 23.7. The van der Waals surface area contributed by atoms with E-state index in [1.165, 1.54) is 4.90 Å². The number of rotatable bonds is 12. The van der Waals surface area contributed by atoms with Gasteiger partial charge in [-0.3, -0.25) is 14.4 Å². The number of aliphatic hydroxyl groups is 1. The molecule has 3 unspecified atom stereocenters. The third-order valence-electron chi connectivity index (χ3n) is 7.94. The van der Waals surface area contributed by atoms with Gasteiger partial charge in [0.1, 0.15) is 11.6 Å². The Hall–Kier alpha value is -2.49. The smallest absolute Gasteiger partial charge is 0.312 e. The summed E-state index contributed by atoms with van der Waals surface area (Å²) in [5, 5.41) is 9.57. The molecule has 3 saturated heterocycles. The first kappa shape index (κ1) is 28.5. The summed E-state index contributed by atoms with van der Waals surface area (Å²) < 4.78 is 12.1. The molecule has 1 aromatic carbocycles. The Morgan fingerprint density at radius 1 is 1.26 bits per heavy atom. The molecule has 0 aliphatic carbocycles. The first-order chi connectivity index (χ1) is 18.2. The quantitative estimate of drug-likeness (QED) is 0.174. The molecule has 2 amide bonds. The molecule has 2 bridgehead atoms. The van der Waals surface area contributed by atoms with Gasteiger partial charge in [0.05, 0.1) is 24.5 Å². The molecule has 8 nitrogen and oxygen atoms in total. The van der Waals surface area contributed by atoms with Crippen LogP contribution >= 0.6 is 15.9 Å². The second-order valence-electron chi connectivity index (χ2n) is 10.3. The monoisotopic (exact) mass is 588 g/mol. The molecule has 3 fully saturated rings. The summed E-state index contributed by atoms with van der Waals surface area (Å²) >= 11 is 3.68. The van der Waals surface area contributed by atoms with Crippen molar-refractivity contribution in [1.29, 1.82) is 0 Å². The van der Waals surface area contributed by atoms with Crippen LogP contribution < -0.4 is 4.90 Å². The van der Waals surface area contributed by atoms with E-state index >= 15 is 0 Å². The van der Waals surface area contributed by atoms with Crippen molar-refractivity contribution in [2.24, 2.45) is 11.8 Å². The van der Waals surface area contributed by atoms with Crippen molar-refractivity contribution < 1.29 is 29.0 Å². The van der Waals surface area contributed by atoms with Crippen LogP contribution in [-0.4, -0.2) is 76.7 Å². The molecular formula is C29H37BrN2O6. The Balaban J connectivity index is 1.75. The fourth-order valence-corrected chi connectivity index (χ4v) is 7.40. The molecule has 9 heteroatoms. The van der Waals surface area contributed by atoms with E-state index in [-0.39, 0.29) is 42.9 Å². The highest BCUT2D eigenvalue weighted by atomic mass is 79.9. The topological polar surface area (TPSA) is 96.4 Å². The Morgan fingerprint density at radius 3 is 2.61 bits per heavy atom.